The normalized spacial score (nSPS) is 18.0. The molecule has 204 valence electrons. The lowest BCUT2D eigenvalue weighted by atomic mass is 9.95. The van der Waals surface area contributed by atoms with Crippen LogP contribution < -0.4 is 9.46 Å². The molecule has 0 saturated heterocycles. The highest BCUT2D eigenvalue weighted by Gasteiger charge is 2.65. The van der Waals surface area contributed by atoms with Crippen molar-refractivity contribution >= 4 is 27.1 Å². The fourth-order valence-corrected chi connectivity index (χ4v) is 6.51. The molecule has 0 atom stereocenters. The summed E-state index contributed by atoms with van der Waals surface area (Å²) in [6.07, 6.45) is -1.70. The molecule has 2 saturated carbocycles. The highest BCUT2D eigenvalue weighted by atomic mass is 32.2. The molecule has 2 aromatic heterocycles. The van der Waals surface area contributed by atoms with Crippen molar-refractivity contribution in [3.05, 3.63) is 41.8 Å². The van der Waals surface area contributed by atoms with Crippen molar-refractivity contribution in [2.24, 2.45) is 0 Å². The van der Waals surface area contributed by atoms with E-state index in [2.05, 4.69) is 4.98 Å². The van der Waals surface area contributed by atoms with Gasteiger partial charge in [-0.05, 0) is 62.4 Å². The third-order valence-corrected chi connectivity index (χ3v) is 8.80. The Hall–Kier alpha value is -3.19. The summed E-state index contributed by atoms with van der Waals surface area (Å²) in [5, 5.41) is 9.67. The number of alkyl halides is 3. The van der Waals surface area contributed by atoms with Crippen molar-refractivity contribution in [1.29, 1.82) is 0 Å². The average Bonchev–Trinajstić information content (AvgIpc) is 3.58. The van der Waals surface area contributed by atoms with E-state index < -0.39 is 38.6 Å². The summed E-state index contributed by atoms with van der Waals surface area (Å²) in [7, 11) is -4.55. The molecule has 0 aliphatic heterocycles. The maximum Gasteiger partial charge on any atom is 0.511 e. The van der Waals surface area contributed by atoms with E-state index in [1.165, 1.54) is 12.1 Å². The van der Waals surface area contributed by atoms with Gasteiger partial charge in [0, 0.05) is 17.6 Å². The van der Waals surface area contributed by atoms with Crippen molar-refractivity contribution in [2.45, 2.75) is 74.5 Å². The molecule has 38 heavy (non-hydrogen) atoms. The molecule has 2 fully saturated rings. The Morgan fingerprint density at radius 3 is 2.42 bits per heavy atom. The number of rotatable bonds is 6. The Morgan fingerprint density at radius 1 is 1.18 bits per heavy atom. The zero-order valence-corrected chi connectivity index (χ0v) is 21.1. The lowest BCUT2D eigenvalue weighted by Crippen LogP contribution is -2.47. The number of pyridine rings is 1. The van der Waals surface area contributed by atoms with Gasteiger partial charge in [0.05, 0.1) is 11.2 Å². The maximum absolute atomic E-state index is 14.6. The molecule has 2 N–H and O–H groups in total. The Morgan fingerprint density at radius 2 is 1.87 bits per heavy atom. The molecule has 5 rings (SSSR count). The number of aromatic nitrogens is 2. The zero-order valence-electron chi connectivity index (χ0n) is 20.3. The van der Waals surface area contributed by atoms with Gasteiger partial charge in [0.25, 0.3) is 0 Å². The predicted molar refractivity (Wildman–Crippen MR) is 129 cm³/mol. The summed E-state index contributed by atoms with van der Waals surface area (Å²) in [5.74, 6) is -0.702. The van der Waals surface area contributed by atoms with Crippen LogP contribution in [0.1, 0.15) is 56.6 Å². The lowest BCUT2D eigenvalue weighted by Gasteiger charge is -2.26. The van der Waals surface area contributed by atoms with Gasteiger partial charge in [-0.15, -0.1) is 0 Å². The number of carbonyl (C=O) groups is 1. The van der Waals surface area contributed by atoms with Crippen LogP contribution in [-0.4, -0.2) is 40.9 Å². The van der Waals surface area contributed by atoms with Crippen molar-refractivity contribution < 1.29 is 40.6 Å². The van der Waals surface area contributed by atoms with Crippen LogP contribution in [-0.2, 0) is 10.0 Å². The second-order valence-electron chi connectivity index (χ2n) is 9.89. The number of carboxylic acid groups (broad SMARTS) is 1. The number of halogens is 4. The standard InChI is InChI=1S/C25H25F4N3O5S/c1-14-11-20-17(12-18(14)26)22(37-23(33)34)21(32(20)15-5-3-2-4-6-15)19-8-7-16(13-30-19)38(35,36)31-24(9-10-24)25(27,28)29/h7-8,11-13,15,31H,2-6,9-10H2,1H3,(H,33,34). The highest BCUT2D eigenvalue weighted by Crippen LogP contribution is 2.50. The van der Waals surface area contributed by atoms with Gasteiger partial charge in [-0.1, -0.05) is 19.3 Å². The summed E-state index contributed by atoms with van der Waals surface area (Å²) >= 11 is 0. The van der Waals surface area contributed by atoms with Crippen molar-refractivity contribution in [3.63, 3.8) is 0 Å². The van der Waals surface area contributed by atoms with E-state index in [0.29, 0.717) is 11.1 Å². The zero-order chi connectivity index (χ0) is 27.5. The Bertz CT molecular complexity index is 1510. The number of ether oxygens (including phenoxy) is 1. The van der Waals surface area contributed by atoms with Crippen LogP contribution in [0.5, 0.6) is 5.75 Å². The van der Waals surface area contributed by atoms with E-state index in [0.717, 1.165) is 44.4 Å². The van der Waals surface area contributed by atoms with Gasteiger partial charge in [-0.3, -0.25) is 4.98 Å². The fourth-order valence-electron chi connectivity index (χ4n) is 5.12. The molecule has 2 aliphatic carbocycles. The number of sulfonamides is 1. The van der Waals surface area contributed by atoms with Crippen LogP contribution in [0.4, 0.5) is 22.4 Å². The van der Waals surface area contributed by atoms with E-state index in [4.69, 9.17) is 4.74 Å². The topological polar surface area (TPSA) is 111 Å². The molecular weight excluding hydrogens is 530 g/mol. The molecule has 0 amide bonds. The van der Waals surface area contributed by atoms with Crippen molar-refractivity contribution in [2.75, 3.05) is 0 Å². The van der Waals surface area contributed by atoms with Crippen molar-refractivity contribution in [1.82, 2.24) is 14.3 Å². The Labute approximate surface area is 215 Å². The van der Waals surface area contributed by atoms with Gasteiger partial charge in [-0.25, -0.2) is 17.6 Å². The molecule has 8 nitrogen and oxygen atoms in total. The first-order valence-electron chi connectivity index (χ1n) is 12.1. The van der Waals surface area contributed by atoms with Crippen LogP contribution in [0.2, 0.25) is 0 Å². The number of fused-ring (bicyclic) bond motifs is 1. The third kappa shape index (κ3) is 4.62. The number of benzene rings is 1. The van der Waals surface area contributed by atoms with Gasteiger partial charge in [0.1, 0.15) is 21.9 Å². The summed E-state index contributed by atoms with van der Waals surface area (Å²) in [6, 6.07) is 5.11. The molecule has 2 aliphatic rings. The highest BCUT2D eigenvalue weighted by molar-refractivity contribution is 7.89. The predicted octanol–water partition coefficient (Wildman–Crippen LogP) is 6.09. The van der Waals surface area contributed by atoms with Gasteiger partial charge in [0.15, 0.2) is 5.75 Å². The molecule has 3 aromatic rings. The Kier molecular flexibility index (Phi) is 6.41. The van der Waals surface area contributed by atoms with Crippen LogP contribution in [0.15, 0.2) is 35.4 Å². The minimum Gasteiger partial charge on any atom is -0.449 e. The van der Waals surface area contributed by atoms with Crippen LogP contribution in [0.3, 0.4) is 0 Å². The SMILES string of the molecule is Cc1cc2c(cc1F)c(OC(=O)O)c(-c1ccc(S(=O)(=O)NC3(C(F)(F)F)CC3)cn1)n2C1CCCCC1. The minimum absolute atomic E-state index is 0.0781. The summed E-state index contributed by atoms with van der Waals surface area (Å²) in [4.78, 5) is 15.3. The monoisotopic (exact) mass is 555 g/mol. The smallest absolute Gasteiger partial charge is 0.449 e. The maximum atomic E-state index is 14.6. The van der Waals surface area contributed by atoms with Gasteiger partial charge < -0.3 is 14.4 Å². The molecule has 1 aromatic carbocycles. The first-order chi connectivity index (χ1) is 17.8. The molecular formula is C25H25F4N3O5S. The lowest BCUT2D eigenvalue weighted by molar-refractivity contribution is -0.160. The second kappa shape index (κ2) is 9.23. The molecule has 13 heteroatoms. The number of nitrogens with one attached hydrogen (secondary N) is 1. The number of hydrogen-bond donors (Lipinski definition) is 2. The number of aryl methyl sites for hydroxylation is 1. The molecule has 0 unspecified atom stereocenters. The van der Waals surface area contributed by atoms with Crippen LogP contribution in [0, 0.1) is 12.7 Å². The molecule has 2 heterocycles. The van der Waals surface area contributed by atoms with Gasteiger partial charge >= 0.3 is 12.3 Å². The van der Waals surface area contributed by atoms with E-state index in [1.54, 1.807) is 17.7 Å². The average molecular weight is 556 g/mol. The quantitative estimate of drug-likeness (QED) is 0.282. The molecule has 0 radical (unpaired) electrons. The van der Waals surface area contributed by atoms with E-state index in [9.17, 15) is 35.9 Å². The van der Waals surface area contributed by atoms with Crippen molar-refractivity contribution in [3.8, 4) is 17.1 Å². The number of hydrogen-bond acceptors (Lipinski definition) is 5. The van der Waals surface area contributed by atoms with E-state index in [-0.39, 0.29) is 41.4 Å². The Balaban J connectivity index is 1.64. The summed E-state index contributed by atoms with van der Waals surface area (Å²) < 4.78 is 88.7. The van der Waals surface area contributed by atoms with E-state index >= 15 is 0 Å². The molecule has 0 spiro atoms. The van der Waals surface area contributed by atoms with E-state index in [1.807, 2.05) is 4.57 Å². The number of nitrogens with zero attached hydrogens (tertiary/aromatic N) is 2. The van der Waals surface area contributed by atoms with Gasteiger partial charge in [0.2, 0.25) is 10.0 Å². The first kappa shape index (κ1) is 26.4. The first-order valence-corrected chi connectivity index (χ1v) is 13.6. The van der Waals surface area contributed by atoms with Gasteiger partial charge in [-0.2, -0.15) is 17.9 Å². The summed E-state index contributed by atoms with van der Waals surface area (Å²) in [5.41, 5.74) is -1.23. The fraction of sp³-hybridized carbons (Fsp3) is 0.440. The third-order valence-electron chi connectivity index (χ3n) is 7.28. The second-order valence-corrected chi connectivity index (χ2v) is 11.6. The summed E-state index contributed by atoms with van der Waals surface area (Å²) in [6.45, 7) is 1.59. The molecule has 0 bridgehead atoms. The minimum atomic E-state index is -4.73. The van der Waals surface area contributed by atoms with Crippen LogP contribution >= 0.6 is 0 Å². The van der Waals surface area contributed by atoms with Crippen LogP contribution in [0.25, 0.3) is 22.3 Å². The largest absolute Gasteiger partial charge is 0.511 e.